The van der Waals surface area contributed by atoms with Gasteiger partial charge >= 0.3 is 5.97 Å². The number of isocyanates is 1. The monoisotopic (exact) mass is 216 g/mol. The summed E-state index contributed by atoms with van der Waals surface area (Å²) in [4.78, 5) is 24.6. The molecular weight excluding hydrogens is 200 g/mol. The van der Waals surface area contributed by atoms with Crippen molar-refractivity contribution < 1.29 is 19.1 Å². The number of carbonyl (C=O) groups is 1. The molecule has 0 rings (SSSR count). The second-order valence-corrected chi connectivity index (χ2v) is 4.02. The highest BCUT2D eigenvalue weighted by Crippen LogP contribution is 2.13. The van der Waals surface area contributed by atoms with Gasteiger partial charge in [-0.05, 0) is 20.8 Å². The first-order valence-corrected chi connectivity index (χ1v) is 4.35. The molecule has 6 nitrogen and oxygen atoms in total. The van der Waals surface area contributed by atoms with Crippen LogP contribution >= 0.6 is 0 Å². The van der Waals surface area contributed by atoms with Crippen LogP contribution in [0.1, 0.15) is 20.8 Å². The van der Waals surface area contributed by atoms with Crippen LogP contribution in [0.3, 0.4) is 0 Å². The Labute approximate surface area is 88.4 Å². The molecule has 0 fully saturated rings. The summed E-state index contributed by atoms with van der Waals surface area (Å²) in [5, 5.41) is 0. The van der Waals surface area contributed by atoms with E-state index in [1.54, 1.807) is 20.8 Å². The first-order chi connectivity index (χ1) is 6.75. The van der Waals surface area contributed by atoms with Gasteiger partial charge in [-0.15, -0.1) is 0 Å². The summed E-state index contributed by atoms with van der Waals surface area (Å²) in [6.07, 6.45) is 1.23. The van der Waals surface area contributed by atoms with Gasteiger partial charge in [-0.1, -0.05) is 0 Å². The summed E-state index contributed by atoms with van der Waals surface area (Å²) in [7, 11) is 1.15. The third-order valence-corrected chi connectivity index (χ3v) is 1.51. The van der Waals surface area contributed by atoms with E-state index in [1.165, 1.54) is 6.08 Å². The number of carbonyl (C=O) groups excluding carboxylic acids is 2. The van der Waals surface area contributed by atoms with Gasteiger partial charge in [0, 0.05) is 0 Å². The van der Waals surface area contributed by atoms with E-state index in [4.69, 9.17) is 10.5 Å². The lowest BCUT2D eigenvalue weighted by atomic mass is 10.1. The summed E-state index contributed by atoms with van der Waals surface area (Å²) in [5.74, 6) is -0.838. The first kappa shape index (κ1) is 13.8. The molecule has 0 radical (unpaired) electrons. The zero-order valence-corrected chi connectivity index (χ0v) is 9.36. The van der Waals surface area contributed by atoms with Crippen molar-refractivity contribution in [1.82, 2.24) is 0 Å². The predicted octanol–water partition coefficient (Wildman–Crippen LogP) is -0.0347. The Bertz CT molecular complexity index is 278. The minimum absolute atomic E-state index is 0.238. The molecule has 0 aromatic heterocycles. The average molecular weight is 216 g/mol. The molecule has 0 saturated heterocycles. The number of hydrogen-bond donors (Lipinski definition) is 1. The van der Waals surface area contributed by atoms with Crippen molar-refractivity contribution in [3.63, 3.8) is 0 Å². The largest absolute Gasteiger partial charge is 0.466 e. The second kappa shape index (κ2) is 5.02. The number of nitrogens with zero attached hydrogens (tertiary/aromatic N) is 1. The van der Waals surface area contributed by atoms with Crippen molar-refractivity contribution in [2.45, 2.75) is 32.0 Å². The summed E-state index contributed by atoms with van der Waals surface area (Å²) in [6.45, 7) is 5.12. The van der Waals surface area contributed by atoms with Gasteiger partial charge in [-0.2, -0.15) is 4.99 Å². The maximum Gasteiger partial charge on any atom is 0.352 e. The quantitative estimate of drug-likeness (QED) is 0.404. The molecule has 0 aliphatic rings. The van der Waals surface area contributed by atoms with Crippen molar-refractivity contribution in [1.29, 1.82) is 0 Å². The van der Waals surface area contributed by atoms with E-state index in [2.05, 4.69) is 9.73 Å². The van der Waals surface area contributed by atoms with E-state index in [-0.39, 0.29) is 6.61 Å². The molecule has 2 N–H and O–H groups in total. The van der Waals surface area contributed by atoms with Crippen LogP contribution in [0.25, 0.3) is 0 Å². The minimum Gasteiger partial charge on any atom is -0.466 e. The second-order valence-electron chi connectivity index (χ2n) is 4.02. The van der Waals surface area contributed by atoms with Crippen LogP contribution in [0.15, 0.2) is 4.99 Å². The van der Waals surface area contributed by atoms with E-state index >= 15 is 0 Å². The van der Waals surface area contributed by atoms with E-state index in [0.717, 1.165) is 7.11 Å². The van der Waals surface area contributed by atoms with Gasteiger partial charge in [0.15, 0.2) is 0 Å². The highest BCUT2D eigenvalue weighted by atomic mass is 16.5. The van der Waals surface area contributed by atoms with Crippen LogP contribution in [-0.4, -0.2) is 37.0 Å². The summed E-state index contributed by atoms with van der Waals surface area (Å²) >= 11 is 0. The Balaban J connectivity index is 4.67. The molecule has 0 aliphatic heterocycles. The van der Waals surface area contributed by atoms with Crippen molar-refractivity contribution in [2.75, 3.05) is 13.7 Å². The molecule has 0 aliphatic carbocycles. The molecule has 6 heteroatoms. The number of rotatable bonds is 4. The molecule has 15 heavy (non-hydrogen) atoms. The lowest BCUT2D eigenvalue weighted by molar-refractivity contribution is -0.151. The van der Waals surface area contributed by atoms with Crippen molar-refractivity contribution in [3.05, 3.63) is 0 Å². The van der Waals surface area contributed by atoms with E-state index in [1.807, 2.05) is 0 Å². The summed E-state index contributed by atoms with van der Waals surface area (Å²) in [6, 6.07) is 0. The highest BCUT2D eigenvalue weighted by molar-refractivity contribution is 5.81. The molecule has 0 unspecified atom stereocenters. The number of aliphatic imine (C=N–C) groups is 1. The van der Waals surface area contributed by atoms with Gasteiger partial charge in [0.2, 0.25) is 11.7 Å². The van der Waals surface area contributed by atoms with Gasteiger partial charge in [-0.3, -0.25) is 5.73 Å². The maximum atomic E-state index is 11.2. The van der Waals surface area contributed by atoms with E-state index in [9.17, 15) is 9.59 Å². The van der Waals surface area contributed by atoms with Gasteiger partial charge in [0.05, 0.1) is 19.3 Å². The molecule has 86 valence electrons. The molecule has 0 spiro atoms. The Morgan fingerprint density at radius 1 is 1.47 bits per heavy atom. The van der Waals surface area contributed by atoms with Crippen LogP contribution in [0.5, 0.6) is 0 Å². The van der Waals surface area contributed by atoms with Gasteiger partial charge in [0.25, 0.3) is 0 Å². The van der Waals surface area contributed by atoms with Crippen molar-refractivity contribution in [3.8, 4) is 0 Å². The lowest BCUT2D eigenvalue weighted by Crippen LogP contribution is -2.52. The van der Waals surface area contributed by atoms with Gasteiger partial charge in [-0.25, -0.2) is 9.59 Å². The van der Waals surface area contributed by atoms with Gasteiger partial charge < -0.3 is 9.47 Å². The summed E-state index contributed by atoms with van der Waals surface area (Å²) in [5.41, 5.74) is 3.24. The van der Waals surface area contributed by atoms with Crippen LogP contribution in [0.4, 0.5) is 0 Å². The number of nitrogens with two attached hydrogens (primary N) is 1. The fraction of sp³-hybridized carbons (Fsp3) is 0.778. The fourth-order valence-corrected chi connectivity index (χ4v) is 0.722. The number of esters is 1. The smallest absolute Gasteiger partial charge is 0.352 e. The maximum absolute atomic E-state index is 11.2. The van der Waals surface area contributed by atoms with Crippen molar-refractivity contribution >= 4 is 12.0 Å². The lowest BCUT2D eigenvalue weighted by Gasteiger charge is -2.26. The Kier molecular flexibility index (Phi) is 4.61. The fourth-order valence-electron chi connectivity index (χ4n) is 0.722. The van der Waals surface area contributed by atoms with Crippen LogP contribution in [-0.2, 0) is 19.1 Å². The molecule has 0 bridgehead atoms. The Morgan fingerprint density at radius 3 is 2.33 bits per heavy atom. The summed E-state index contributed by atoms with van der Waals surface area (Å²) < 4.78 is 9.69. The van der Waals surface area contributed by atoms with Gasteiger partial charge in [0.1, 0.15) is 0 Å². The average Bonchev–Trinajstić information content (AvgIpc) is 2.13. The number of ether oxygens (including phenoxy) is 2. The molecule has 0 aromatic rings. The van der Waals surface area contributed by atoms with Crippen molar-refractivity contribution in [2.24, 2.45) is 10.7 Å². The zero-order valence-electron chi connectivity index (χ0n) is 9.36. The van der Waals surface area contributed by atoms with Crippen LogP contribution < -0.4 is 5.73 Å². The highest BCUT2D eigenvalue weighted by Gasteiger charge is 2.37. The minimum atomic E-state index is -1.82. The third kappa shape index (κ3) is 4.69. The molecule has 0 amide bonds. The SMILES string of the molecule is COC(=O)[C@@](N)(COC(C)(C)C)N=C=O. The number of methoxy groups -OCH3 is 1. The Morgan fingerprint density at radius 2 is 2.00 bits per heavy atom. The topological polar surface area (TPSA) is 91.0 Å². The molecule has 0 saturated carbocycles. The molecule has 1 atom stereocenters. The normalized spacial score (nSPS) is 15.0. The molecular formula is C9H16N2O4. The predicted molar refractivity (Wildman–Crippen MR) is 52.8 cm³/mol. The molecule has 0 heterocycles. The third-order valence-electron chi connectivity index (χ3n) is 1.51. The standard InChI is InChI=1S/C9H16N2O4/c1-8(2,3)15-5-9(10,11-6-12)7(13)14-4/h5,10H2,1-4H3/t9-/m1/s1. The zero-order chi connectivity index (χ0) is 12.1. The first-order valence-electron chi connectivity index (χ1n) is 4.35. The van der Waals surface area contributed by atoms with E-state index in [0.29, 0.717) is 0 Å². The number of hydrogen-bond acceptors (Lipinski definition) is 6. The Hall–Kier alpha value is -1.23. The molecule has 0 aromatic carbocycles. The van der Waals surface area contributed by atoms with Crippen LogP contribution in [0.2, 0.25) is 0 Å². The van der Waals surface area contributed by atoms with Crippen LogP contribution in [0, 0.1) is 0 Å². The van der Waals surface area contributed by atoms with E-state index < -0.39 is 17.2 Å².